The van der Waals surface area contributed by atoms with E-state index in [1.54, 1.807) is 10.9 Å². The molecule has 0 aromatic carbocycles. The first-order chi connectivity index (χ1) is 9.52. The Morgan fingerprint density at radius 1 is 1.25 bits per heavy atom. The number of carboxylic acid groups (broad SMARTS) is 1. The van der Waals surface area contributed by atoms with Gasteiger partial charge in [0.25, 0.3) is 0 Å². The molecule has 10 nitrogen and oxygen atoms in total. The van der Waals surface area contributed by atoms with Crippen LogP contribution in [0.3, 0.4) is 0 Å². The van der Waals surface area contributed by atoms with Gasteiger partial charge in [-0.1, -0.05) is 0 Å². The third-order valence-electron chi connectivity index (χ3n) is 2.29. The van der Waals surface area contributed by atoms with Gasteiger partial charge in [-0.05, 0) is 6.92 Å². The molecule has 0 unspecified atom stereocenters. The highest BCUT2D eigenvalue weighted by Gasteiger charge is 2.08. The molecule has 1 aromatic heterocycles. The number of aryl methyl sites for hydroxylation is 1. The van der Waals surface area contributed by atoms with Crippen LogP contribution in [0.25, 0.3) is 0 Å². The molecule has 0 bridgehead atoms. The first-order valence-electron chi connectivity index (χ1n) is 5.89. The first-order valence-corrected chi connectivity index (χ1v) is 5.89. The highest BCUT2D eigenvalue weighted by Crippen LogP contribution is 1.93. The van der Waals surface area contributed by atoms with Gasteiger partial charge in [0.1, 0.15) is 12.9 Å². The molecule has 1 aromatic rings. The van der Waals surface area contributed by atoms with Gasteiger partial charge in [0, 0.05) is 6.54 Å². The second-order valence-corrected chi connectivity index (χ2v) is 3.74. The van der Waals surface area contributed by atoms with Gasteiger partial charge in [-0.15, -0.1) is 10.2 Å². The molecule has 20 heavy (non-hydrogen) atoms. The van der Waals surface area contributed by atoms with E-state index in [0.717, 1.165) is 0 Å². The van der Waals surface area contributed by atoms with E-state index in [0.29, 0.717) is 12.4 Å². The van der Waals surface area contributed by atoms with E-state index in [1.807, 2.05) is 6.92 Å². The van der Waals surface area contributed by atoms with Crippen LogP contribution in [0.5, 0.6) is 0 Å². The Hall–Kier alpha value is -2.65. The average molecular weight is 284 g/mol. The molecule has 0 fully saturated rings. The molecule has 0 aliphatic rings. The third kappa shape index (κ3) is 5.33. The number of rotatable bonds is 7. The van der Waals surface area contributed by atoms with Crippen LogP contribution in [0.15, 0.2) is 6.33 Å². The summed E-state index contributed by atoms with van der Waals surface area (Å²) in [6, 6.07) is -0.555. The van der Waals surface area contributed by atoms with Crippen LogP contribution in [-0.4, -0.2) is 50.9 Å². The number of urea groups is 1. The van der Waals surface area contributed by atoms with Crippen molar-refractivity contribution in [2.24, 2.45) is 0 Å². The van der Waals surface area contributed by atoms with Crippen molar-refractivity contribution in [2.75, 3.05) is 13.1 Å². The van der Waals surface area contributed by atoms with Gasteiger partial charge in [-0.2, -0.15) is 0 Å². The summed E-state index contributed by atoms with van der Waals surface area (Å²) in [5.41, 5.74) is 0. The summed E-state index contributed by atoms with van der Waals surface area (Å²) in [5, 5.41) is 22.8. The number of carbonyl (C=O) groups is 3. The topological polar surface area (TPSA) is 138 Å². The van der Waals surface area contributed by atoms with E-state index in [4.69, 9.17) is 5.11 Å². The molecule has 1 rings (SSSR count). The second-order valence-electron chi connectivity index (χ2n) is 3.74. The Balaban J connectivity index is 2.24. The largest absolute Gasteiger partial charge is 0.480 e. The lowest BCUT2D eigenvalue weighted by Gasteiger charge is -2.07. The normalized spacial score (nSPS) is 9.85. The number of nitrogens with zero attached hydrogens (tertiary/aromatic N) is 3. The van der Waals surface area contributed by atoms with Crippen molar-refractivity contribution >= 4 is 17.9 Å². The van der Waals surface area contributed by atoms with Crippen molar-refractivity contribution in [2.45, 2.75) is 20.0 Å². The minimum Gasteiger partial charge on any atom is -0.480 e. The molecule has 110 valence electrons. The predicted octanol–water partition coefficient (Wildman–Crippen LogP) is -1.70. The fraction of sp³-hybridized carbons (Fsp3) is 0.500. The Morgan fingerprint density at radius 3 is 2.65 bits per heavy atom. The summed E-state index contributed by atoms with van der Waals surface area (Å²) in [6.45, 7) is 1.99. The highest BCUT2D eigenvalue weighted by molar-refractivity contribution is 5.86. The number of hydrogen-bond acceptors (Lipinski definition) is 5. The van der Waals surface area contributed by atoms with Gasteiger partial charge in [-0.25, -0.2) is 4.79 Å². The second kappa shape index (κ2) is 7.71. The van der Waals surface area contributed by atoms with E-state index < -0.39 is 24.5 Å². The average Bonchev–Trinajstić information content (AvgIpc) is 2.87. The Kier molecular flexibility index (Phi) is 5.94. The number of hydrogen-bond donors (Lipinski definition) is 4. The lowest BCUT2D eigenvalue weighted by Crippen LogP contribution is -2.43. The van der Waals surface area contributed by atoms with Gasteiger partial charge in [0.15, 0.2) is 5.82 Å². The van der Waals surface area contributed by atoms with E-state index in [-0.39, 0.29) is 13.1 Å². The number of carbonyl (C=O) groups excluding carboxylic acids is 2. The van der Waals surface area contributed by atoms with E-state index in [2.05, 4.69) is 26.1 Å². The Bertz CT molecular complexity index is 486. The predicted molar refractivity (Wildman–Crippen MR) is 66.6 cm³/mol. The summed E-state index contributed by atoms with van der Waals surface area (Å²) in [5.74, 6) is -1.14. The first kappa shape index (κ1) is 15.4. The number of aromatic nitrogens is 3. The van der Waals surface area contributed by atoms with E-state index >= 15 is 0 Å². The van der Waals surface area contributed by atoms with E-state index in [9.17, 15) is 14.4 Å². The lowest BCUT2D eigenvalue weighted by molar-refractivity contribution is -0.137. The third-order valence-corrected chi connectivity index (χ3v) is 2.29. The fourth-order valence-electron chi connectivity index (χ4n) is 1.30. The summed E-state index contributed by atoms with van der Waals surface area (Å²) in [6.07, 6.45) is 1.55. The van der Waals surface area contributed by atoms with Crippen molar-refractivity contribution in [1.29, 1.82) is 0 Å². The zero-order valence-corrected chi connectivity index (χ0v) is 10.9. The molecule has 0 atom stereocenters. The molecule has 0 aliphatic carbocycles. The number of amides is 3. The maximum absolute atomic E-state index is 11.4. The zero-order valence-electron chi connectivity index (χ0n) is 10.9. The van der Waals surface area contributed by atoms with Crippen LogP contribution in [0.2, 0.25) is 0 Å². The van der Waals surface area contributed by atoms with Crippen LogP contribution in [0.1, 0.15) is 12.7 Å². The smallest absolute Gasteiger partial charge is 0.322 e. The summed E-state index contributed by atoms with van der Waals surface area (Å²) < 4.78 is 1.76. The van der Waals surface area contributed by atoms with Gasteiger partial charge < -0.3 is 25.6 Å². The summed E-state index contributed by atoms with van der Waals surface area (Å²) >= 11 is 0. The minimum absolute atomic E-state index is 0.177. The minimum atomic E-state index is -1.15. The van der Waals surface area contributed by atoms with Gasteiger partial charge in [0.05, 0.1) is 13.1 Å². The highest BCUT2D eigenvalue weighted by atomic mass is 16.4. The number of aliphatic carboxylic acids is 1. The molecule has 0 saturated heterocycles. The van der Waals surface area contributed by atoms with Crippen molar-refractivity contribution in [1.82, 2.24) is 30.7 Å². The van der Waals surface area contributed by atoms with Crippen LogP contribution >= 0.6 is 0 Å². The molecule has 0 aliphatic heterocycles. The molecular weight excluding hydrogens is 268 g/mol. The molecule has 0 radical (unpaired) electrons. The van der Waals surface area contributed by atoms with Crippen LogP contribution in [-0.2, 0) is 22.7 Å². The molecule has 3 amide bonds. The number of carboxylic acids is 1. The van der Waals surface area contributed by atoms with Crippen molar-refractivity contribution < 1.29 is 19.5 Å². The maximum Gasteiger partial charge on any atom is 0.322 e. The standard InChI is InChI=1S/C10H16N6O4/c1-2-16-6-14-15-7(16)3-12-10(20)13-4-8(17)11-5-9(18)19/h6H,2-5H2,1H3,(H,11,17)(H,18,19)(H2,12,13,20). The molecule has 4 N–H and O–H groups in total. The van der Waals surface area contributed by atoms with Gasteiger partial charge in [-0.3, -0.25) is 9.59 Å². The fourth-order valence-corrected chi connectivity index (χ4v) is 1.30. The van der Waals surface area contributed by atoms with Crippen molar-refractivity contribution in [3.63, 3.8) is 0 Å². The molecule has 1 heterocycles. The molecule has 0 spiro atoms. The quantitative estimate of drug-likeness (QED) is 0.470. The van der Waals surface area contributed by atoms with Crippen LogP contribution < -0.4 is 16.0 Å². The Labute approximate surface area is 114 Å². The number of nitrogens with one attached hydrogen (secondary N) is 3. The summed E-state index contributed by atoms with van der Waals surface area (Å²) in [7, 11) is 0. The van der Waals surface area contributed by atoms with Gasteiger partial charge in [0.2, 0.25) is 5.91 Å². The van der Waals surface area contributed by atoms with Gasteiger partial charge >= 0.3 is 12.0 Å². The maximum atomic E-state index is 11.4. The van der Waals surface area contributed by atoms with E-state index in [1.165, 1.54) is 0 Å². The SMILES string of the molecule is CCn1cnnc1CNC(=O)NCC(=O)NCC(=O)O. The van der Waals surface area contributed by atoms with Crippen LogP contribution in [0.4, 0.5) is 4.79 Å². The Morgan fingerprint density at radius 2 is 2.00 bits per heavy atom. The lowest BCUT2D eigenvalue weighted by atomic mass is 10.5. The molecule has 0 saturated carbocycles. The molecular formula is C10H16N6O4. The molecule has 10 heteroatoms. The van der Waals surface area contributed by atoms with Crippen molar-refractivity contribution in [3.05, 3.63) is 12.2 Å². The zero-order chi connectivity index (χ0) is 15.0. The summed E-state index contributed by atoms with van der Waals surface area (Å²) in [4.78, 5) is 32.8. The van der Waals surface area contributed by atoms with Crippen molar-refractivity contribution in [3.8, 4) is 0 Å². The monoisotopic (exact) mass is 284 g/mol. The van der Waals surface area contributed by atoms with Crippen LogP contribution in [0, 0.1) is 0 Å².